The maximum absolute atomic E-state index is 8.76. The average Bonchev–Trinajstić information content (AvgIpc) is 2.29. The van der Waals surface area contributed by atoms with Crippen LogP contribution in [-0.2, 0) is 9.47 Å². The van der Waals surface area contributed by atoms with Gasteiger partial charge in [0, 0.05) is 7.11 Å². The van der Waals surface area contributed by atoms with Crippen molar-refractivity contribution in [3.63, 3.8) is 0 Å². The Hall–Kier alpha value is -0.120. The Labute approximate surface area is 100 Å². The van der Waals surface area contributed by atoms with Gasteiger partial charge in [-0.25, -0.2) is 0 Å². The maximum atomic E-state index is 8.76. The smallest absolute Gasteiger partial charge is 0.143 e. The summed E-state index contributed by atoms with van der Waals surface area (Å²) in [4.78, 5) is 0. The number of ether oxygens (including phenoxy) is 2. The van der Waals surface area contributed by atoms with Crippen LogP contribution in [0.4, 0.5) is 0 Å². The van der Waals surface area contributed by atoms with Gasteiger partial charge in [0.2, 0.25) is 0 Å². The molecule has 0 aliphatic heterocycles. The van der Waals surface area contributed by atoms with Crippen LogP contribution in [0.1, 0.15) is 52.9 Å². The van der Waals surface area contributed by atoms with Crippen molar-refractivity contribution in [1.29, 1.82) is 0 Å². The fourth-order valence-corrected chi connectivity index (χ4v) is 2.06. The van der Waals surface area contributed by atoms with Gasteiger partial charge in [-0.1, -0.05) is 33.6 Å². The molecule has 3 nitrogen and oxygen atoms in total. The lowest BCUT2D eigenvalue weighted by Gasteiger charge is -2.26. The van der Waals surface area contributed by atoms with Crippen LogP contribution in [0.2, 0.25) is 0 Å². The lowest BCUT2D eigenvalue weighted by Crippen LogP contribution is -2.26. The molecule has 16 heavy (non-hydrogen) atoms. The number of aliphatic hydroxyl groups excluding tert-OH is 1. The second-order valence-corrected chi connectivity index (χ2v) is 4.46. The normalized spacial score (nSPS) is 17.1. The van der Waals surface area contributed by atoms with Crippen LogP contribution in [-0.4, -0.2) is 31.2 Å². The highest BCUT2D eigenvalue weighted by Crippen LogP contribution is 2.21. The minimum Gasteiger partial charge on any atom is -0.381 e. The van der Waals surface area contributed by atoms with Crippen LogP contribution in [0.25, 0.3) is 0 Å². The standard InChI is InChI=1S/C13H28O3/c1-5-7-8-13(15-4)11(3)9-12(6-2)16-10-14/h11-14H,5-10H2,1-4H3. The quantitative estimate of drug-likeness (QED) is 0.589. The molecule has 0 fully saturated rings. The summed E-state index contributed by atoms with van der Waals surface area (Å²) in [7, 11) is 1.78. The van der Waals surface area contributed by atoms with Gasteiger partial charge in [0.25, 0.3) is 0 Å². The molecule has 0 aromatic heterocycles. The predicted molar refractivity (Wildman–Crippen MR) is 66.4 cm³/mol. The van der Waals surface area contributed by atoms with Crippen LogP contribution < -0.4 is 0 Å². The molecule has 3 unspecified atom stereocenters. The molecule has 0 aliphatic carbocycles. The largest absolute Gasteiger partial charge is 0.381 e. The Kier molecular flexibility index (Phi) is 9.99. The molecule has 0 aliphatic rings. The lowest BCUT2D eigenvalue weighted by molar-refractivity contribution is -0.0684. The van der Waals surface area contributed by atoms with Crippen molar-refractivity contribution < 1.29 is 14.6 Å². The molecule has 0 aromatic carbocycles. The number of hydrogen-bond acceptors (Lipinski definition) is 3. The van der Waals surface area contributed by atoms with Gasteiger partial charge in [-0.3, -0.25) is 0 Å². The zero-order chi connectivity index (χ0) is 12.4. The second-order valence-electron chi connectivity index (χ2n) is 4.46. The Bertz CT molecular complexity index is 150. The van der Waals surface area contributed by atoms with Gasteiger partial charge < -0.3 is 14.6 Å². The van der Waals surface area contributed by atoms with Crippen LogP contribution in [0.3, 0.4) is 0 Å². The van der Waals surface area contributed by atoms with E-state index in [2.05, 4.69) is 20.8 Å². The molecule has 0 rings (SSSR count). The van der Waals surface area contributed by atoms with Crippen molar-refractivity contribution >= 4 is 0 Å². The molecule has 1 N–H and O–H groups in total. The third kappa shape index (κ3) is 6.46. The summed E-state index contributed by atoms with van der Waals surface area (Å²) in [5.74, 6) is 0.480. The van der Waals surface area contributed by atoms with Crippen molar-refractivity contribution in [3.8, 4) is 0 Å². The predicted octanol–water partition coefficient (Wildman–Crippen LogP) is 2.96. The first-order valence-electron chi connectivity index (χ1n) is 6.44. The van der Waals surface area contributed by atoms with E-state index in [1.165, 1.54) is 12.8 Å². The Morgan fingerprint density at radius 3 is 2.38 bits per heavy atom. The summed E-state index contributed by atoms with van der Waals surface area (Å²) >= 11 is 0. The van der Waals surface area contributed by atoms with E-state index in [0.29, 0.717) is 12.0 Å². The number of rotatable bonds is 10. The summed E-state index contributed by atoms with van der Waals surface area (Å²) in [6.45, 7) is 6.30. The number of methoxy groups -OCH3 is 1. The molecule has 3 atom stereocenters. The van der Waals surface area contributed by atoms with Crippen molar-refractivity contribution in [1.82, 2.24) is 0 Å². The molecule has 0 saturated carbocycles. The van der Waals surface area contributed by atoms with Crippen molar-refractivity contribution in [2.24, 2.45) is 5.92 Å². The van der Waals surface area contributed by atoms with E-state index in [9.17, 15) is 0 Å². The van der Waals surface area contributed by atoms with Crippen LogP contribution >= 0.6 is 0 Å². The highest BCUT2D eigenvalue weighted by atomic mass is 16.6. The van der Waals surface area contributed by atoms with E-state index in [-0.39, 0.29) is 12.9 Å². The summed E-state index contributed by atoms with van der Waals surface area (Å²) in [6.07, 6.45) is 5.89. The number of unbranched alkanes of at least 4 members (excludes halogenated alkanes) is 1. The minimum absolute atomic E-state index is 0.152. The van der Waals surface area contributed by atoms with E-state index in [4.69, 9.17) is 14.6 Å². The summed E-state index contributed by atoms with van der Waals surface area (Å²) < 4.78 is 10.8. The molecule has 0 amide bonds. The molecule has 98 valence electrons. The topological polar surface area (TPSA) is 38.7 Å². The van der Waals surface area contributed by atoms with Crippen LogP contribution in [0.5, 0.6) is 0 Å². The summed E-state index contributed by atoms with van der Waals surface area (Å²) in [5.41, 5.74) is 0. The van der Waals surface area contributed by atoms with E-state index >= 15 is 0 Å². The molecule has 0 aromatic rings. The summed E-state index contributed by atoms with van der Waals surface area (Å²) in [5, 5.41) is 8.76. The first-order chi connectivity index (χ1) is 7.69. The Morgan fingerprint density at radius 2 is 1.94 bits per heavy atom. The van der Waals surface area contributed by atoms with Crippen LogP contribution in [0.15, 0.2) is 0 Å². The van der Waals surface area contributed by atoms with Gasteiger partial charge in [-0.15, -0.1) is 0 Å². The number of aliphatic hydroxyl groups is 1. The molecular formula is C13H28O3. The fraction of sp³-hybridized carbons (Fsp3) is 1.00. The van der Waals surface area contributed by atoms with Gasteiger partial charge in [0.15, 0.2) is 0 Å². The second kappa shape index (κ2) is 10.1. The number of hydrogen-bond donors (Lipinski definition) is 1. The molecular weight excluding hydrogens is 204 g/mol. The average molecular weight is 232 g/mol. The third-order valence-corrected chi connectivity index (χ3v) is 3.18. The van der Waals surface area contributed by atoms with Crippen LogP contribution in [0, 0.1) is 5.92 Å². The van der Waals surface area contributed by atoms with Gasteiger partial charge in [-0.05, 0) is 25.2 Å². The first kappa shape index (κ1) is 15.9. The van der Waals surface area contributed by atoms with E-state index in [1.54, 1.807) is 7.11 Å². The molecule has 0 heterocycles. The fourth-order valence-electron chi connectivity index (χ4n) is 2.06. The van der Waals surface area contributed by atoms with E-state index < -0.39 is 0 Å². The monoisotopic (exact) mass is 232 g/mol. The SMILES string of the molecule is CCCCC(OC)C(C)CC(CC)OCO. The van der Waals surface area contributed by atoms with Gasteiger partial charge >= 0.3 is 0 Å². The molecule has 3 heteroatoms. The molecule has 0 bridgehead atoms. The zero-order valence-electron chi connectivity index (χ0n) is 11.2. The Morgan fingerprint density at radius 1 is 1.25 bits per heavy atom. The van der Waals surface area contributed by atoms with Crippen molar-refractivity contribution in [2.45, 2.75) is 65.1 Å². The maximum Gasteiger partial charge on any atom is 0.143 e. The van der Waals surface area contributed by atoms with Crippen molar-refractivity contribution in [2.75, 3.05) is 13.9 Å². The highest BCUT2D eigenvalue weighted by molar-refractivity contribution is 4.70. The Balaban J connectivity index is 4.00. The first-order valence-corrected chi connectivity index (χ1v) is 6.44. The highest BCUT2D eigenvalue weighted by Gasteiger charge is 2.20. The van der Waals surface area contributed by atoms with E-state index in [0.717, 1.165) is 19.3 Å². The van der Waals surface area contributed by atoms with Gasteiger partial charge in [0.05, 0.1) is 12.2 Å². The van der Waals surface area contributed by atoms with E-state index in [1.807, 2.05) is 0 Å². The van der Waals surface area contributed by atoms with Gasteiger partial charge in [-0.2, -0.15) is 0 Å². The minimum atomic E-state index is -0.183. The summed E-state index contributed by atoms with van der Waals surface area (Å²) in [6, 6.07) is 0. The zero-order valence-corrected chi connectivity index (χ0v) is 11.2. The molecule has 0 saturated heterocycles. The third-order valence-electron chi connectivity index (χ3n) is 3.18. The lowest BCUT2D eigenvalue weighted by atomic mass is 9.93. The van der Waals surface area contributed by atoms with Gasteiger partial charge in [0.1, 0.15) is 6.79 Å². The molecule has 0 radical (unpaired) electrons. The molecule has 0 spiro atoms. The van der Waals surface area contributed by atoms with Crippen molar-refractivity contribution in [3.05, 3.63) is 0 Å².